The quantitative estimate of drug-likeness (QED) is 0.508. The number of para-hydroxylation sites is 1. The summed E-state index contributed by atoms with van der Waals surface area (Å²) in [6.07, 6.45) is 3.43. The van der Waals surface area contributed by atoms with Gasteiger partial charge in [-0.15, -0.1) is 0 Å². The molecule has 3 aromatic rings. The Bertz CT molecular complexity index is 1130. The molecular weight excluding hydrogens is 436 g/mol. The molecule has 0 aliphatic heterocycles. The number of methoxy groups -OCH3 is 2. The number of primary amides is 1. The average Bonchev–Trinajstić information content (AvgIpc) is 3.21. The van der Waals surface area contributed by atoms with Gasteiger partial charge in [-0.3, -0.25) is 9.59 Å². The molecule has 2 aromatic carbocycles. The van der Waals surface area contributed by atoms with Gasteiger partial charge in [-0.25, -0.2) is 4.98 Å². The Kier molecular flexibility index (Phi) is 7.21. The second-order valence-corrected chi connectivity index (χ2v) is 7.20. The fourth-order valence-electron chi connectivity index (χ4n) is 3.19. The van der Waals surface area contributed by atoms with Crippen molar-refractivity contribution >= 4 is 23.4 Å². The number of aromatic nitrogens is 2. The van der Waals surface area contributed by atoms with Gasteiger partial charge in [-0.05, 0) is 18.2 Å². The van der Waals surface area contributed by atoms with E-state index in [1.54, 1.807) is 19.5 Å². The van der Waals surface area contributed by atoms with Crippen molar-refractivity contribution in [3.05, 3.63) is 70.8 Å². The maximum Gasteiger partial charge on any atom is 0.255 e. The highest BCUT2D eigenvalue weighted by molar-refractivity contribution is 6.32. The van der Waals surface area contributed by atoms with Crippen LogP contribution in [0.4, 0.5) is 0 Å². The molecular formula is C22H23ClN4O5. The molecule has 3 N–H and O–H groups in total. The third-order valence-corrected chi connectivity index (χ3v) is 4.97. The van der Waals surface area contributed by atoms with Gasteiger partial charge in [0, 0.05) is 30.6 Å². The van der Waals surface area contributed by atoms with Crippen LogP contribution in [0.25, 0.3) is 0 Å². The number of aryl methyl sites for hydroxylation is 1. The molecule has 1 unspecified atom stereocenters. The number of benzene rings is 2. The SMILES string of the molecule is COc1ccccc1C(NC(=O)c1cc(Cl)c(OCC(N)=O)c(OC)c1)c1nccn1C. The number of nitrogens with one attached hydrogen (secondary N) is 1. The normalized spacial score (nSPS) is 11.5. The van der Waals surface area contributed by atoms with Gasteiger partial charge < -0.3 is 29.8 Å². The van der Waals surface area contributed by atoms with Gasteiger partial charge in [-0.1, -0.05) is 29.8 Å². The van der Waals surface area contributed by atoms with Gasteiger partial charge >= 0.3 is 0 Å². The summed E-state index contributed by atoms with van der Waals surface area (Å²) in [5.41, 5.74) is 6.08. The van der Waals surface area contributed by atoms with E-state index >= 15 is 0 Å². The summed E-state index contributed by atoms with van der Waals surface area (Å²) in [5.74, 6) is 0.434. The highest BCUT2D eigenvalue weighted by Gasteiger charge is 2.25. The number of nitrogens with two attached hydrogens (primary N) is 1. The number of ether oxygens (including phenoxy) is 3. The van der Waals surface area contributed by atoms with Crippen LogP contribution >= 0.6 is 11.6 Å². The molecule has 0 aliphatic carbocycles. The minimum atomic E-state index is -0.667. The maximum atomic E-state index is 13.2. The number of hydrogen-bond acceptors (Lipinski definition) is 6. The summed E-state index contributed by atoms with van der Waals surface area (Å²) in [6.45, 7) is -0.378. The third kappa shape index (κ3) is 4.94. The standard InChI is InChI=1S/C22H23ClN4O5/c1-27-9-8-25-21(27)19(14-6-4-5-7-16(14)30-2)26-22(29)13-10-15(23)20(17(11-13)31-3)32-12-18(24)28/h4-11,19H,12H2,1-3H3,(H2,24,28)(H,26,29). The number of amides is 2. The average molecular weight is 459 g/mol. The van der Waals surface area contributed by atoms with Crippen LogP contribution in [0.15, 0.2) is 48.8 Å². The van der Waals surface area contributed by atoms with Crippen LogP contribution in [0.3, 0.4) is 0 Å². The number of carbonyl (C=O) groups excluding carboxylic acids is 2. The van der Waals surface area contributed by atoms with Gasteiger partial charge in [0.15, 0.2) is 18.1 Å². The van der Waals surface area contributed by atoms with Crippen molar-refractivity contribution < 1.29 is 23.8 Å². The largest absolute Gasteiger partial charge is 0.496 e. The van der Waals surface area contributed by atoms with Gasteiger partial charge in [-0.2, -0.15) is 0 Å². The summed E-state index contributed by atoms with van der Waals surface area (Å²) < 4.78 is 17.9. The van der Waals surface area contributed by atoms with E-state index in [1.807, 2.05) is 35.9 Å². The molecule has 1 aromatic heterocycles. The van der Waals surface area contributed by atoms with Crippen LogP contribution in [0.5, 0.6) is 17.2 Å². The molecule has 0 spiro atoms. The Labute approximate surface area is 190 Å². The first kappa shape index (κ1) is 23.0. The van der Waals surface area contributed by atoms with Gasteiger partial charge in [0.2, 0.25) is 0 Å². The zero-order valence-corrected chi connectivity index (χ0v) is 18.6. The maximum absolute atomic E-state index is 13.2. The molecule has 32 heavy (non-hydrogen) atoms. The first-order valence-corrected chi connectivity index (χ1v) is 9.93. The summed E-state index contributed by atoms with van der Waals surface area (Å²) in [6, 6.07) is 9.64. The Balaban J connectivity index is 1.97. The molecule has 0 fully saturated rings. The van der Waals surface area contributed by atoms with Crippen molar-refractivity contribution in [2.75, 3.05) is 20.8 Å². The highest BCUT2D eigenvalue weighted by Crippen LogP contribution is 2.37. The number of halogens is 1. The zero-order valence-electron chi connectivity index (χ0n) is 17.8. The van der Waals surface area contributed by atoms with Crippen LogP contribution in [-0.2, 0) is 11.8 Å². The molecule has 3 rings (SSSR count). The molecule has 9 nitrogen and oxygen atoms in total. The number of imidazole rings is 1. The number of rotatable bonds is 9. The van der Waals surface area contributed by atoms with E-state index < -0.39 is 17.9 Å². The fourth-order valence-corrected chi connectivity index (χ4v) is 3.46. The Hall–Kier alpha value is -3.72. The Morgan fingerprint density at radius 1 is 1.19 bits per heavy atom. The minimum absolute atomic E-state index is 0.0987. The highest BCUT2D eigenvalue weighted by atomic mass is 35.5. The molecule has 0 saturated heterocycles. The van der Waals surface area contributed by atoms with E-state index in [2.05, 4.69) is 10.3 Å². The number of carbonyl (C=O) groups is 2. The lowest BCUT2D eigenvalue weighted by Crippen LogP contribution is -2.31. The molecule has 2 amide bonds. The topological polar surface area (TPSA) is 118 Å². The van der Waals surface area contributed by atoms with Crippen molar-refractivity contribution in [1.29, 1.82) is 0 Å². The van der Waals surface area contributed by atoms with E-state index in [9.17, 15) is 9.59 Å². The summed E-state index contributed by atoms with van der Waals surface area (Å²) in [4.78, 5) is 28.7. The molecule has 0 saturated carbocycles. The van der Waals surface area contributed by atoms with Crippen LogP contribution in [0.1, 0.15) is 27.8 Å². The predicted octanol–water partition coefficient (Wildman–Crippen LogP) is 2.47. The monoisotopic (exact) mass is 458 g/mol. The lowest BCUT2D eigenvalue weighted by Gasteiger charge is -2.21. The molecule has 0 bridgehead atoms. The Morgan fingerprint density at radius 3 is 2.53 bits per heavy atom. The summed E-state index contributed by atoms with van der Waals surface area (Å²) >= 11 is 6.29. The van der Waals surface area contributed by atoms with Crippen molar-refractivity contribution in [2.24, 2.45) is 12.8 Å². The van der Waals surface area contributed by atoms with Crippen molar-refractivity contribution in [1.82, 2.24) is 14.9 Å². The first-order chi connectivity index (χ1) is 15.3. The second kappa shape index (κ2) is 10.1. The molecule has 1 heterocycles. The lowest BCUT2D eigenvalue weighted by atomic mass is 10.0. The predicted molar refractivity (Wildman–Crippen MR) is 118 cm³/mol. The summed E-state index contributed by atoms with van der Waals surface area (Å²) in [7, 11) is 4.79. The molecule has 10 heteroatoms. The van der Waals surface area contributed by atoms with Gasteiger partial charge in [0.1, 0.15) is 17.6 Å². The zero-order chi connectivity index (χ0) is 23.3. The van der Waals surface area contributed by atoms with E-state index in [1.165, 1.54) is 19.2 Å². The molecule has 168 valence electrons. The number of nitrogens with zero attached hydrogens (tertiary/aromatic N) is 2. The Morgan fingerprint density at radius 2 is 1.91 bits per heavy atom. The third-order valence-electron chi connectivity index (χ3n) is 4.69. The van der Waals surface area contributed by atoms with E-state index in [-0.39, 0.29) is 28.7 Å². The second-order valence-electron chi connectivity index (χ2n) is 6.79. The van der Waals surface area contributed by atoms with E-state index in [0.29, 0.717) is 11.6 Å². The lowest BCUT2D eigenvalue weighted by molar-refractivity contribution is -0.119. The molecule has 0 aliphatic rings. The minimum Gasteiger partial charge on any atom is -0.496 e. The van der Waals surface area contributed by atoms with Crippen LogP contribution in [0, 0.1) is 0 Å². The van der Waals surface area contributed by atoms with Crippen molar-refractivity contribution in [3.63, 3.8) is 0 Å². The van der Waals surface area contributed by atoms with Crippen LogP contribution in [-0.4, -0.2) is 42.2 Å². The first-order valence-electron chi connectivity index (χ1n) is 9.55. The van der Waals surface area contributed by atoms with Crippen molar-refractivity contribution in [2.45, 2.75) is 6.04 Å². The smallest absolute Gasteiger partial charge is 0.255 e. The number of hydrogen-bond donors (Lipinski definition) is 2. The van der Waals surface area contributed by atoms with Gasteiger partial charge in [0.25, 0.3) is 11.8 Å². The van der Waals surface area contributed by atoms with Gasteiger partial charge in [0.05, 0.1) is 19.2 Å². The van der Waals surface area contributed by atoms with Crippen LogP contribution < -0.4 is 25.3 Å². The van der Waals surface area contributed by atoms with E-state index in [4.69, 9.17) is 31.5 Å². The fraction of sp³-hybridized carbons (Fsp3) is 0.227. The van der Waals surface area contributed by atoms with E-state index in [0.717, 1.165) is 5.56 Å². The van der Waals surface area contributed by atoms with Crippen LogP contribution in [0.2, 0.25) is 5.02 Å². The molecule has 0 radical (unpaired) electrons. The molecule has 1 atom stereocenters. The summed E-state index contributed by atoms with van der Waals surface area (Å²) in [5, 5.41) is 3.08. The van der Waals surface area contributed by atoms with Crippen molar-refractivity contribution in [3.8, 4) is 17.2 Å².